The molecule has 2 aromatic rings. The first-order chi connectivity index (χ1) is 11.0. The summed E-state index contributed by atoms with van der Waals surface area (Å²) < 4.78 is 6.60. The summed E-state index contributed by atoms with van der Waals surface area (Å²) in [5.41, 5.74) is 0.0944. The van der Waals surface area contributed by atoms with Gasteiger partial charge in [-0.05, 0) is 31.2 Å². The highest BCUT2D eigenvalue weighted by atomic mass is 16.5. The number of ether oxygens (including phenoxy) is 1. The highest BCUT2D eigenvalue weighted by molar-refractivity contribution is 6.08. The van der Waals surface area contributed by atoms with Crippen LogP contribution in [0.5, 0.6) is 17.2 Å². The second-order valence-corrected chi connectivity index (χ2v) is 4.81. The number of carbonyl (C=O) groups excluding carboxylic acids is 1. The average Bonchev–Trinajstić information content (AvgIpc) is 2.54. The van der Waals surface area contributed by atoms with E-state index in [-0.39, 0.29) is 17.1 Å². The van der Waals surface area contributed by atoms with Crippen LogP contribution < -0.4 is 10.2 Å². The number of rotatable bonds is 5. The fourth-order valence-corrected chi connectivity index (χ4v) is 2.09. The lowest BCUT2D eigenvalue weighted by Gasteiger charge is -2.08. The van der Waals surface area contributed by atoms with E-state index in [1.165, 1.54) is 43.7 Å². The molecule has 0 atom stereocenters. The van der Waals surface area contributed by atoms with Crippen molar-refractivity contribution in [2.45, 2.75) is 13.5 Å². The Morgan fingerprint density at radius 2 is 2.00 bits per heavy atom. The summed E-state index contributed by atoms with van der Waals surface area (Å²) in [5, 5.41) is 19.3. The Hall–Kier alpha value is -3.02. The Balaban J connectivity index is 2.32. The van der Waals surface area contributed by atoms with Gasteiger partial charge in [0.15, 0.2) is 11.5 Å². The van der Waals surface area contributed by atoms with Crippen molar-refractivity contribution in [3.05, 3.63) is 58.0 Å². The molecule has 0 aliphatic carbocycles. The number of ketones is 1. The van der Waals surface area contributed by atoms with E-state index in [9.17, 15) is 19.8 Å². The third kappa shape index (κ3) is 3.60. The maximum atomic E-state index is 12.2. The second kappa shape index (κ2) is 6.83. The fourth-order valence-electron chi connectivity index (χ4n) is 2.09. The van der Waals surface area contributed by atoms with Gasteiger partial charge in [-0.25, -0.2) is 0 Å². The summed E-state index contributed by atoms with van der Waals surface area (Å²) in [6.45, 7) is 2.37. The minimum atomic E-state index is -0.519. The Morgan fingerprint density at radius 1 is 1.26 bits per heavy atom. The van der Waals surface area contributed by atoms with Crippen LogP contribution in [-0.4, -0.2) is 27.7 Å². The highest BCUT2D eigenvalue weighted by Gasteiger charge is 2.10. The topological polar surface area (TPSA) is 88.8 Å². The summed E-state index contributed by atoms with van der Waals surface area (Å²) >= 11 is 0. The molecular formula is C17H17NO5. The number of hydrogen-bond acceptors (Lipinski definition) is 5. The number of benzene rings is 1. The predicted octanol–water partition coefficient (Wildman–Crippen LogP) is 2.18. The molecular weight excluding hydrogens is 298 g/mol. The molecule has 0 fully saturated rings. The van der Waals surface area contributed by atoms with Crippen LogP contribution in [-0.2, 0) is 6.54 Å². The summed E-state index contributed by atoms with van der Waals surface area (Å²) in [5.74, 6) is -0.490. The summed E-state index contributed by atoms with van der Waals surface area (Å²) in [6, 6.07) is 5.63. The molecule has 0 aliphatic heterocycles. The van der Waals surface area contributed by atoms with Gasteiger partial charge in [0.2, 0.25) is 5.43 Å². The number of hydrogen-bond donors (Lipinski definition) is 2. The van der Waals surface area contributed by atoms with Crippen LogP contribution in [0.2, 0.25) is 0 Å². The van der Waals surface area contributed by atoms with Gasteiger partial charge in [-0.2, -0.15) is 0 Å². The van der Waals surface area contributed by atoms with Gasteiger partial charge < -0.3 is 19.5 Å². The van der Waals surface area contributed by atoms with E-state index < -0.39 is 11.2 Å². The zero-order chi connectivity index (χ0) is 17.0. The minimum absolute atomic E-state index is 0.131. The van der Waals surface area contributed by atoms with Gasteiger partial charge >= 0.3 is 0 Å². The predicted molar refractivity (Wildman–Crippen MR) is 86.1 cm³/mol. The first kappa shape index (κ1) is 16.4. The number of methoxy groups -OCH3 is 1. The first-order valence-corrected chi connectivity index (χ1v) is 6.99. The van der Waals surface area contributed by atoms with Crippen LogP contribution in [0.3, 0.4) is 0 Å². The van der Waals surface area contributed by atoms with Crippen LogP contribution in [0.1, 0.15) is 23.0 Å². The van der Waals surface area contributed by atoms with E-state index in [0.29, 0.717) is 18.0 Å². The molecule has 1 aromatic carbocycles. The maximum absolute atomic E-state index is 12.2. The van der Waals surface area contributed by atoms with Crippen molar-refractivity contribution in [3.63, 3.8) is 0 Å². The molecule has 120 valence electrons. The number of allylic oxidation sites excluding steroid dienone is 1. The molecule has 0 saturated heterocycles. The first-order valence-electron chi connectivity index (χ1n) is 6.99. The van der Waals surface area contributed by atoms with Crippen molar-refractivity contribution in [2.75, 3.05) is 7.11 Å². The molecule has 6 nitrogen and oxygen atoms in total. The largest absolute Gasteiger partial charge is 0.507 e. The molecule has 23 heavy (non-hydrogen) atoms. The molecule has 1 heterocycles. The molecule has 2 N–H and O–H groups in total. The number of aromatic hydroxyl groups is 2. The summed E-state index contributed by atoms with van der Waals surface area (Å²) in [7, 11) is 1.46. The van der Waals surface area contributed by atoms with Crippen molar-refractivity contribution in [3.8, 4) is 17.2 Å². The molecule has 6 heteroatoms. The third-order valence-electron chi connectivity index (χ3n) is 3.36. The average molecular weight is 315 g/mol. The van der Waals surface area contributed by atoms with E-state index in [1.807, 2.05) is 6.92 Å². The van der Waals surface area contributed by atoms with E-state index in [2.05, 4.69) is 0 Å². The molecule has 1 aromatic heterocycles. The van der Waals surface area contributed by atoms with Crippen LogP contribution >= 0.6 is 0 Å². The van der Waals surface area contributed by atoms with Gasteiger partial charge in [0.25, 0.3) is 0 Å². The Morgan fingerprint density at radius 3 is 2.61 bits per heavy atom. The Labute approximate surface area is 132 Å². The van der Waals surface area contributed by atoms with Crippen LogP contribution in [0, 0.1) is 0 Å². The molecule has 0 unspecified atom stereocenters. The molecule has 2 rings (SSSR count). The lowest BCUT2D eigenvalue weighted by Crippen LogP contribution is -2.08. The van der Waals surface area contributed by atoms with Crippen LogP contribution in [0.4, 0.5) is 0 Å². The second-order valence-electron chi connectivity index (χ2n) is 4.81. The van der Waals surface area contributed by atoms with E-state index >= 15 is 0 Å². The number of aromatic nitrogens is 1. The lowest BCUT2D eigenvalue weighted by atomic mass is 10.1. The fraction of sp³-hybridized carbons (Fsp3) is 0.176. The van der Waals surface area contributed by atoms with Crippen molar-refractivity contribution in [1.82, 2.24) is 4.57 Å². The zero-order valence-corrected chi connectivity index (χ0v) is 12.8. The highest BCUT2D eigenvalue weighted by Crippen LogP contribution is 2.24. The van der Waals surface area contributed by atoms with Gasteiger partial charge in [0, 0.05) is 24.4 Å². The van der Waals surface area contributed by atoms with Gasteiger partial charge in [-0.3, -0.25) is 9.59 Å². The lowest BCUT2D eigenvalue weighted by molar-refractivity contribution is 0.104. The SMILES string of the molecule is CCn1cc(O)c(=O)cc1/C=C/C(=O)c1ccc(OC)cc1O. The molecule has 0 saturated carbocycles. The number of pyridine rings is 1. The van der Waals surface area contributed by atoms with Gasteiger partial charge in [-0.1, -0.05) is 0 Å². The van der Waals surface area contributed by atoms with Gasteiger partial charge in [0.1, 0.15) is 11.5 Å². The maximum Gasteiger partial charge on any atom is 0.223 e. The summed E-state index contributed by atoms with van der Waals surface area (Å²) in [4.78, 5) is 23.7. The van der Waals surface area contributed by atoms with Crippen molar-refractivity contribution in [1.29, 1.82) is 0 Å². The Bertz CT molecular complexity index is 820. The molecule has 0 bridgehead atoms. The van der Waals surface area contributed by atoms with Gasteiger partial charge in [0.05, 0.1) is 18.9 Å². The molecule has 0 amide bonds. The summed E-state index contributed by atoms with van der Waals surface area (Å²) in [6.07, 6.45) is 4.05. The molecule has 0 aliphatic rings. The third-order valence-corrected chi connectivity index (χ3v) is 3.36. The van der Waals surface area contributed by atoms with E-state index in [1.54, 1.807) is 10.6 Å². The van der Waals surface area contributed by atoms with Crippen molar-refractivity contribution >= 4 is 11.9 Å². The number of phenolic OH excluding ortho intramolecular Hbond substituents is 1. The number of aryl methyl sites for hydroxylation is 1. The van der Waals surface area contributed by atoms with Crippen LogP contribution in [0.15, 0.2) is 41.3 Å². The number of phenols is 1. The van der Waals surface area contributed by atoms with E-state index in [0.717, 1.165) is 0 Å². The Kier molecular flexibility index (Phi) is 4.85. The monoisotopic (exact) mass is 315 g/mol. The van der Waals surface area contributed by atoms with E-state index in [4.69, 9.17) is 4.74 Å². The molecule has 0 radical (unpaired) electrons. The quantitative estimate of drug-likeness (QED) is 0.652. The standard InChI is InChI=1S/C17H17NO5/c1-3-18-10-17(22)16(21)8-11(18)4-7-14(19)13-6-5-12(23-2)9-15(13)20/h4-10,20,22H,3H2,1-2H3/b7-4+. The normalized spacial score (nSPS) is 10.9. The van der Waals surface area contributed by atoms with Crippen LogP contribution in [0.25, 0.3) is 6.08 Å². The number of carbonyl (C=O) groups is 1. The minimum Gasteiger partial charge on any atom is -0.507 e. The molecule has 0 spiro atoms. The zero-order valence-electron chi connectivity index (χ0n) is 12.8. The smallest absolute Gasteiger partial charge is 0.223 e. The van der Waals surface area contributed by atoms with Crippen molar-refractivity contribution in [2.24, 2.45) is 0 Å². The van der Waals surface area contributed by atoms with Gasteiger partial charge in [-0.15, -0.1) is 0 Å². The number of nitrogens with zero attached hydrogens (tertiary/aromatic N) is 1. The van der Waals surface area contributed by atoms with Crippen molar-refractivity contribution < 1.29 is 19.7 Å².